The van der Waals surface area contributed by atoms with Crippen molar-refractivity contribution in [3.63, 3.8) is 0 Å². The average Bonchev–Trinajstić information content (AvgIpc) is 2.59. The summed E-state index contributed by atoms with van der Waals surface area (Å²) >= 11 is 0. The second-order valence-electron chi connectivity index (χ2n) is 7.02. The SMILES string of the molecule is CN(C)CCCOc1ccc(C(=O)C(C)(C)N2CCOCC2)cc1. The molecule has 0 atom stereocenters. The molecule has 0 radical (unpaired) electrons. The quantitative estimate of drug-likeness (QED) is 0.539. The van der Waals surface area contributed by atoms with Crippen LogP contribution in [0.5, 0.6) is 5.75 Å². The minimum Gasteiger partial charge on any atom is -0.494 e. The van der Waals surface area contributed by atoms with Gasteiger partial charge >= 0.3 is 0 Å². The Morgan fingerprint density at radius 1 is 1.21 bits per heavy atom. The summed E-state index contributed by atoms with van der Waals surface area (Å²) < 4.78 is 11.1. The lowest BCUT2D eigenvalue weighted by atomic mass is 9.91. The zero-order valence-corrected chi connectivity index (χ0v) is 15.4. The predicted molar refractivity (Wildman–Crippen MR) is 95.9 cm³/mol. The Kier molecular flexibility index (Phi) is 6.78. The monoisotopic (exact) mass is 334 g/mol. The summed E-state index contributed by atoms with van der Waals surface area (Å²) in [6, 6.07) is 7.51. The maximum absolute atomic E-state index is 12.9. The Hall–Kier alpha value is -1.43. The van der Waals surface area contributed by atoms with Crippen LogP contribution in [0.25, 0.3) is 0 Å². The topological polar surface area (TPSA) is 42.0 Å². The van der Waals surface area contributed by atoms with E-state index in [1.165, 1.54) is 0 Å². The Labute approximate surface area is 145 Å². The molecule has 0 spiro atoms. The molecule has 0 aromatic heterocycles. The Bertz CT molecular complexity index is 520. The van der Waals surface area contributed by atoms with Crippen molar-refractivity contribution in [2.45, 2.75) is 25.8 Å². The first-order valence-electron chi connectivity index (χ1n) is 8.66. The fourth-order valence-electron chi connectivity index (χ4n) is 2.89. The van der Waals surface area contributed by atoms with Crippen LogP contribution >= 0.6 is 0 Å². The first-order valence-corrected chi connectivity index (χ1v) is 8.66. The molecule has 5 nitrogen and oxygen atoms in total. The number of hydrogen-bond donors (Lipinski definition) is 0. The standard InChI is InChI=1S/C19H30N2O3/c1-19(2,21-11-14-23-15-12-21)18(22)16-6-8-17(9-7-16)24-13-5-10-20(3)4/h6-9H,5,10-15H2,1-4H3. The van der Waals surface area contributed by atoms with E-state index in [4.69, 9.17) is 9.47 Å². The van der Waals surface area contributed by atoms with Gasteiger partial charge in [0.25, 0.3) is 0 Å². The van der Waals surface area contributed by atoms with Crippen molar-refractivity contribution in [2.24, 2.45) is 0 Å². The number of ketones is 1. The van der Waals surface area contributed by atoms with E-state index in [0.717, 1.165) is 37.4 Å². The minimum atomic E-state index is -0.516. The summed E-state index contributed by atoms with van der Waals surface area (Å²) in [4.78, 5) is 17.2. The van der Waals surface area contributed by atoms with Gasteiger partial charge in [-0.25, -0.2) is 0 Å². The van der Waals surface area contributed by atoms with E-state index in [1.54, 1.807) is 0 Å². The summed E-state index contributed by atoms with van der Waals surface area (Å²) in [5, 5.41) is 0. The van der Waals surface area contributed by atoms with Crippen molar-refractivity contribution in [2.75, 3.05) is 53.6 Å². The van der Waals surface area contributed by atoms with Gasteiger partial charge in [0.15, 0.2) is 5.78 Å². The zero-order chi connectivity index (χ0) is 17.6. The molecule has 0 N–H and O–H groups in total. The van der Waals surface area contributed by atoms with Crippen LogP contribution < -0.4 is 4.74 Å². The fraction of sp³-hybridized carbons (Fsp3) is 0.632. The molecular formula is C19H30N2O3. The summed E-state index contributed by atoms with van der Waals surface area (Å²) in [6.45, 7) is 8.65. The second kappa shape index (κ2) is 8.60. The molecule has 0 saturated carbocycles. The Morgan fingerprint density at radius 3 is 2.42 bits per heavy atom. The van der Waals surface area contributed by atoms with Gasteiger partial charge in [-0.2, -0.15) is 0 Å². The fourth-order valence-corrected chi connectivity index (χ4v) is 2.89. The van der Waals surface area contributed by atoms with Crippen molar-refractivity contribution in [1.29, 1.82) is 0 Å². The Balaban J connectivity index is 1.92. The van der Waals surface area contributed by atoms with E-state index >= 15 is 0 Å². The maximum Gasteiger partial charge on any atom is 0.182 e. The van der Waals surface area contributed by atoms with Crippen molar-refractivity contribution < 1.29 is 14.3 Å². The highest BCUT2D eigenvalue weighted by Gasteiger charge is 2.35. The third-order valence-corrected chi connectivity index (χ3v) is 4.49. The molecule has 0 unspecified atom stereocenters. The van der Waals surface area contributed by atoms with Crippen LogP contribution in [0.2, 0.25) is 0 Å². The number of benzene rings is 1. The molecule has 1 aliphatic heterocycles. The van der Waals surface area contributed by atoms with Crippen LogP contribution in [0.1, 0.15) is 30.6 Å². The Morgan fingerprint density at radius 2 is 1.83 bits per heavy atom. The summed E-state index contributed by atoms with van der Waals surface area (Å²) in [6.07, 6.45) is 0.984. The molecule has 134 valence electrons. The van der Waals surface area contributed by atoms with Gasteiger partial charge in [-0.15, -0.1) is 0 Å². The van der Waals surface area contributed by atoms with Gasteiger partial charge in [0, 0.05) is 25.2 Å². The third-order valence-electron chi connectivity index (χ3n) is 4.49. The molecule has 1 fully saturated rings. The highest BCUT2D eigenvalue weighted by atomic mass is 16.5. The van der Waals surface area contributed by atoms with Gasteiger partial charge in [-0.05, 0) is 58.6 Å². The molecule has 0 amide bonds. The highest BCUT2D eigenvalue weighted by Crippen LogP contribution is 2.23. The van der Waals surface area contributed by atoms with Gasteiger partial charge in [0.1, 0.15) is 5.75 Å². The lowest BCUT2D eigenvalue weighted by Gasteiger charge is -2.39. The number of carbonyl (C=O) groups is 1. The normalized spacial score (nSPS) is 16.4. The largest absolute Gasteiger partial charge is 0.494 e. The molecule has 1 saturated heterocycles. The first-order chi connectivity index (χ1) is 11.4. The summed E-state index contributed by atoms with van der Waals surface area (Å²) in [5.74, 6) is 0.957. The number of Topliss-reactive ketones (excluding diaryl/α,β-unsaturated/α-hetero) is 1. The molecule has 24 heavy (non-hydrogen) atoms. The first kappa shape index (κ1) is 18.9. The van der Waals surface area contributed by atoms with Crippen molar-refractivity contribution in [1.82, 2.24) is 9.80 Å². The van der Waals surface area contributed by atoms with Crippen LogP contribution in [0, 0.1) is 0 Å². The van der Waals surface area contributed by atoms with E-state index in [-0.39, 0.29) is 5.78 Å². The minimum absolute atomic E-state index is 0.142. The van der Waals surface area contributed by atoms with Gasteiger partial charge in [0.2, 0.25) is 0 Å². The molecule has 0 bridgehead atoms. The summed E-state index contributed by atoms with van der Waals surface area (Å²) in [7, 11) is 4.10. The summed E-state index contributed by atoms with van der Waals surface area (Å²) in [5.41, 5.74) is 0.213. The van der Waals surface area contributed by atoms with Crippen LogP contribution in [0.15, 0.2) is 24.3 Å². The molecule has 0 aliphatic carbocycles. The van der Waals surface area contributed by atoms with Crippen LogP contribution in [0.3, 0.4) is 0 Å². The van der Waals surface area contributed by atoms with Crippen molar-refractivity contribution >= 4 is 5.78 Å². The average molecular weight is 334 g/mol. The van der Waals surface area contributed by atoms with E-state index < -0.39 is 5.54 Å². The van der Waals surface area contributed by atoms with Crippen LogP contribution in [-0.2, 0) is 4.74 Å². The van der Waals surface area contributed by atoms with E-state index in [0.29, 0.717) is 19.8 Å². The lowest BCUT2D eigenvalue weighted by Crippen LogP contribution is -2.54. The molecular weight excluding hydrogens is 304 g/mol. The number of morpholine rings is 1. The molecule has 5 heteroatoms. The van der Waals surface area contributed by atoms with Crippen molar-refractivity contribution in [3.05, 3.63) is 29.8 Å². The van der Waals surface area contributed by atoms with Gasteiger partial charge in [-0.3, -0.25) is 9.69 Å². The highest BCUT2D eigenvalue weighted by molar-refractivity contribution is 6.02. The van der Waals surface area contributed by atoms with Crippen molar-refractivity contribution in [3.8, 4) is 5.75 Å². The number of ether oxygens (including phenoxy) is 2. The van der Waals surface area contributed by atoms with Crippen LogP contribution in [0.4, 0.5) is 0 Å². The third kappa shape index (κ3) is 5.03. The van der Waals surface area contributed by atoms with E-state index in [2.05, 4.69) is 23.9 Å². The molecule has 1 aromatic rings. The van der Waals surface area contributed by atoms with E-state index in [1.807, 2.05) is 38.1 Å². The van der Waals surface area contributed by atoms with Crippen LogP contribution in [-0.4, -0.2) is 74.7 Å². The van der Waals surface area contributed by atoms with Gasteiger partial charge < -0.3 is 14.4 Å². The number of nitrogens with zero attached hydrogens (tertiary/aromatic N) is 2. The van der Waals surface area contributed by atoms with Gasteiger partial charge in [0.05, 0.1) is 25.4 Å². The number of hydrogen-bond acceptors (Lipinski definition) is 5. The molecule has 2 rings (SSSR count). The molecule has 1 aliphatic rings. The maximum atomic E-state index is 12.9. The van der Waals surface area contributed by atoms with E-state index in [9.17, 15) is 4.79 Å². The number of rotatable bonds is 8. The zero-order valence-electron chi connectivity index (χ0n) is 15.4. The second-order valence-corrected chi connectivity index (χ2v) is 7.02. The molecule has 1 heterocycles. The lowest BCUT2D eigenvalue weighted by molar-refractivity contribution is -0.00429. The molecule has 1 aromatic carbocycles. The number of carbonyl (C=O) groups excluding carboxylic acids is 1. The smallest absolute Gasteiger partial charge is 0.182 e. The van der Waals surface area contributed by atoms with Gasteiger partial charge in [-0.1, -0.05) is 0 Å². The predicted octanol–water partition coefficient (Wildman–Crippen LogP) is 2.31.